The quantitative estimate of drug-likeness (QED) is 0.532. The Morgan fingerprint density at radius 2 is 2.56 bits per heavy atom. The summed E-state index contributed by atoms with van der Waals surface area (Å²) in [6.45, 7) is 0. The van der Waals surface area contributed by atoms with Crippen LogP contribution in [-0.4, -0.2) is 35.7 Å². The Labute approximate surface area is 66.4 Å². The van der Waals surface area contributed by atoms with Crippen molar-refractivity contribution < 1.29 is 4.79 Å². The van der Waals surface area contributed by atoms with E-state index in [2.05, 4.69) is 16.8 Å². The van der Waals surface area contributed by atoms with Gasteiger partial charge in [-0.2, -0.15) is 0 Å². The molecule has 0 saturated carbocycles. The summed E-state index contributed by atoms with van der Waals surface area (Å²) in [5, 5.41) is 0. The van der Waals surface area contributed by atoms with Crippen LogP contribution in [0.1, 0.15) is 9.23 Å². The van der Waals surface area contributed by atoms with Crippen LogP contribution in [0.15, 0.2) is 11.0 Å². The summed E-state index contributed by atoms with van der Waals surface area (Å²) in [4.78, 5) is 12.4. The second kappa shape index (κ2) is 3.38. The monoisotopic (exact) mass is 254 g/mol. The van der Waals surface area contributed by atoms with Crippen molar-refractivity contribution in [2.24, 2.45) is 0 Å². The summed E-state index contributed by atoms with van der Waals surface area (Å²) in [5.74, 6) is 2.14. The molecule has 48 valence electrons. The fourth-order valence-electron chi connectivity index (χ4n) is 0.564. The van der Waals surface area contributed by atoms with Crippen molar-refractivity contribution in [1.29, 1.82) is 0 Å². The number of hydrogen-bond donors (Lipinski definition) is 0. The van der Waals surface area contributed by atoms with Gasteiger partial charge in [0.15, 0.2) is 0 Å². The zero-order valence-corrected chi connectivity index (χ0v) is 8.38. The third-order valence-electron chi connectivity index (χ3n) is 0.984. The Bertz CT molecular complexity index is 205. The van der Waals surface area contributed by atoms with Crippen molar-refractivity contribution in [3.8, 4) is 0 Å². The topological polar surface area (TPSA) is 17.1 Å². The average molecular weight is 252 g/mol. The molecule has 3 heteroatoms. The van der Waals surface area contributed by atoms with Crippen molar-refractivity contribution >= 4 is 40.2 Å². The summed E-state index contributed by atoms with van der Waals surface area (Å²) in [5.41, 5.74) is 0. The Morgan fingerprint density at radius 3 is 3.00 bits per heavy atom. The molecule has 0 amide bonds. The number of rotatable bonds is 2. The molecule has 0 aliphatic heterocycles. The van der Waals surface area contributed by atoms with Crippen LogP contribution in [0.3, 0.4) is 0 Å². The Kier molecular flexibility index (Phi) is 2.74. The molecule has 0 bridgehead atoms. The van der Waals surface area contributed by atoms with Gasteiger partial charge < -0.3 is 0 Å². The van der Waals surface area contributed by atoms with Gasteiger partial charge in [-0.1, -0.05) is 0 Å². The first kappa shape index (κ1) is 7.30. The third kappa shape index (κ3) is 1.56. The molecular formula is C6H6OSe2. The van der Waals surface area contributed by atoms with Gasteiger partial charge in [0, 0.05) is 0 Å². The van der Waals surface area contributed by atoms with E-state index in [-0.39, 0.29) is 0 Å². The van der Waals surface area contributed by atoms with Crippen LogP contribution < -0.4 is 4.46 Å². The van der Waals surface area contributed by atoms with E-state index in [9.17, 15) is 4.79 Å². The minimum atomic E-state index is 0.356. The molecule has 1 nitrogen and oxygen atoms in total. The summed E-state index contributed by atoms with van der Waals surface area (Å²) in [6.07, 6.45) is 1.00. The van der Waals surface area contributed by atoms with Gasteiger partial charge >= 0.3 is 66.3 Å². The molecule has 0 N–H and O–H groups in total. The van der Waals surface area contributed by atoms with Gasteiger partial charge in [0.1, 0.15) is 0 Å². The molecule has 0 aliphatic rings. The van der Waals surface area contributed by atoms with E-state index in [1.54, 1.807) is 0 Å². The van der Waals surface area contributed by atoms with Crippen LogP contribution in [0.2, 0.25) is 5.82 Å². The number of carbonyl (C=O) groups is 1. The summed E-state index contributed by atoms with van der Waals surface area (Å²) >= 11 is 0.861. The van der Waals surface area contributed by atoms with E-state index < -0.39 is 0 Å². The van der Waals surface area contributed by atoms with E-state index >= 15 is 0 Å². The molecular weight excluding hydrogens is 246 g/mol. The molecule has 1 aromatic heterocycles. The number of aldehydes is 1. The van der Waals surface area contributed by atoms with E-state index in [0.29, 0.717) is 29.5 Å². The van der Waals surface area contributed by atoms with Crippen LogP contribution in [0.5, 0.6) is 0 Å². The van der Waals surface area contributed by atoms with Crippen molar-refractivity contribution in [2.75, 3.05) is 0 Å². The first-order chi connectivity index (χ1) is 4.38. The molecule has 0 spiro atoms. The molecule has 1 aromatic rings. The maximum absolute atomic E-state index is 10.3. The zero-order chi connectivity index (χ0) is 6.69. The van der Waals surface area contributed by atoms with Crippen LogP contribution in [0, 0.1) is 0 Å². The van der Waals surface area contributed by atoms with Crippen LogP contribution >= 0.6 is 0 Å². The second-order valence-electron chi connectivity index (χ2n) is 1.47. The molecule has 9 heavy (non-hydrogen) atoms. The van der Waals surface area contributed by atoms with Crippen LogP contribution in [0.4, 0.5) is 0 Å². The molecule has 0 saturated heterocycles. The van der Waals surface area contributed by atoms with Crippen molar-refractivity contribution in [1.82, 2.24) is 0 Å². The van der Waals surface area contributed by atoms with Gasteiger partial charge in [0.2, 0.25) is 0 Å². The standard InChI is InChI=1S/C6H6OSe2/c1-8-5-2-3-9-6(5)4-7/h2-4H,1H3. The molecule has 0 unspecified atom stereocenters. The predicted octanol–water partition coefficient (Wildman–Crippen LogP) is -0.0663. The zero-order valence-electron chi connectivity index (χ0n) is 4.96. The first-order valence-electron chi connectivity index (χ1n) is 2.45. The van der Waals surface area contributed by atoms with E-state index in [1.807, 2.05) is 0 Å². The number of hydrogen-bond acceptors (Lipinski definition) is 1. The Balaban J connectivity index is 2.98. The van der Waals surface area contributed by atoms with E-state index in [1.165, 1.54) is 4.46 Å². The molecule has 1 rings (SSSR count). The fraction of sp³-hybridized carbons (Fsp3) is 0.167. The molecule has 1 heterocycles. The maximum atomic E-state index is 10.3. The summed E-state index contributed by atoms with van der Waals surface area (Å²) < 4.78 is 2.34. The molecule has 0 radical (unpaired) electrons. The first-order valence-corrected chi connectivity index (χ1v) is 6.86. The summed E-state index contributed by atoms with van der Waals surface area (Å²) in [7, 11) is 0. The SMILES string of the molecule is C[Se]c1cc[se]c1C=O. The minimum absolute atomic E-state index is 0.356. The van der Waals surface area contributed by atoms with Gasteiger partial charge in [0.05, 0.1) is 0 Å². The van der Waals surface area contributed by atoms with Crippen molar-refractivity contribution in [2.45, 2.75) is 5.82 Å². The van der Waals surface area contributed by atoms with Gasteiger partial charge in [0.25, 0.3) is 0 Å². The van der Waals surface area contributed by atoms with Crippen molar-refractivity contribution in [3.05, 3.63) is 15.4 Å². The average Bonchev–Trinajstić information content (AvgIpc) is 2.33. The van der Waals surface area contributed by atoms with E-state index in [4.69, 9.17) is 0 Å². The Morgan fingerprint density at radius 1 is 1.78 bits per heavy atom. The van der Waals surface area contributed by atoms with Crippen LogP contribution in [-0.2, 0) is 0 Å². The Hall–Kier alpha value is 0.189. The molecule has 0 aromatic carbocycles. The predicted molar refractivity (Wildman–Crippen MR) is 40.0 cm³/mol. The van der Waals surface area contributed by atoms with Crippen molar-refractivity contribution in [3.63, 3.8) is 0 Å². The van der Waals surface area contributed by atoms with Gasteiger partial charge in [-0.3, -0.25) is 0 Å². The van der Waals surface area contributed by atoms with Gasteiger partial charge in [-0.15, -0.1) is 0 Å². The fourth-order valence-corrected chi connectivity index (χ4v) is 4.62. The molecule has 0 atom stereocenters. The normalized spacial score (nSPS) is 9.44. The van der Waals surface area contributed by atoms with E-state index in [0.717, 1.165) is 10.7 Å². The van der Waals surface area contributed by atoms with Crippen LogP contribution in [0.25, 0.3) is 0 Å². The molecule has 0 aliphatic carbocycles. The summed E-state index contributed by atoms with van der Waals surface area (Å²) in [6, 6.07) is 2.09. The van der Waals surface area contributed by atoms with Gasteiger partial charge in [-0.25, -0.2) is 0 Å². The second-order valence-corrected chi connectivity index (χ2v) is 5.24. The third-order valence-corrected chi connectivity index (χ3v) is 5.08. The van der Waals surface area contributed by atoms with Gasteiger partial charge in [-0.05, 0) is 0 Å². The number of carbonyl (C=O) groups excluding carboxylic acids is 1. The molecule has 0 fully saturated rings.